The van der Waals surface area contributed by atoms with Gasteiger partial charge in [0.05, 0.1) is 0 Å². The lowest BCUT2D eigenvalue weighted by molar-refractivity contribution is 0.634. The Morgan fingerprint density at radius 3 is 2.62 bits per heavy atom. The smallest absolute Gasteiger partial charge is 0.0222 e. The Hall–Kier alpha value is -0.350. The molecule has 0 bridgehead atoms. The van der Waals surface area contributed by atoms with E-state index in [0.717, 1.165) is 6.54 Å². The lowest BCUT2D eigenvalue weighted by Crippen LogP contribution is -2.22. The maximum absolute atomic E-state index is 3.72. The molecule has 13 heavy (non-hydrogen) atoms. The van der Waals surface area contributed by atoms with Crippen molar-refractivity contribution in [3.8, 4) is 0 Å². The van der Waals surface area contributed by atoms with Crippen molar-refractivity contribution in [1.29, 1.82) is 0 Å². The summed E-state index contributed by atoms with van der Waals surface area (Å²) in [5.41, 5.74) is 1.31. The summed E-state index contributed by atoms with van der Waals surface area (Å²) >= 11 is 2.31. The van der Waals surface area contributed by atoms with Crippen LogP contribution in [0.5, 0.6) is 0 Å². The molecule has 1 N–H and O–H groups in total. The van der Waals surface area contributed by atoms with Gasteiger partial charge >= 0.3 is 0 Å². The van der Waals surface area contributed by atoms with E-state index in [0.29, 0.717) is 6.04 Å². The van der Waals surface area contributed by atoms with Crippen molar-refractivity contribution in [1.82, 2.24) is 5.32 Å². The standard InChI is InChI=1S/C11H14IN/c1-3-9(2)13-8-10-4-6-11(12)7-5-10/h3-7,9,13H,1,8H2,2H3. The van der Waals surface area contributed by atoms with Gasteiger partial charge in [0, 0.05) is 16.2 Å². The molecule has 2 heteroatoms. The molecule has 0 aliphatic heterocycles. The van der Waals surface area contributed by atoms with Gasteiger partial charge in [-0.2, -0.15) is 0 Å². The largest absolute Gasteiger partial charge is 0.307 e. The van der Waals surface area contributed by atoms with E-state index < -0.39 is 0 Å². The SMILES string of the molecule is C=CC(C)NCc1ccc(I)cc1. The summed E-state index contributed by atoms with van der Waals surface area (Å²) in [6.07, 6.45) is 1.91. The van der Waals surface area contributed by atoms with Gasteiger partial charge in [-0.3, -0.25) is 0 Å². The van der Waals surface area contributed by atoms with Crippen molar-refractivity contribution in [3.05, 3.63) is 46.1 Å². The molecule has 1 unspecified atom stereocenters. The summed E-state index contributed by atoms with van der Waals surface area (Å²) < 4.78 is 1.28. The second-order valence-electron chi connectivity index (χ2n) is 3.03. The van der Waals surface area contributed by atoms with E-state index in [1.165, 1.54) is 9.13 Å². The lowest BCUT2D eigenvalue weighted by atomic mass is 10.2. The van der Waals surface area contributed by atoms with E-state index in [1.54, 1.807) is 0 Å². The molecule has 70 valence electrons. The predicted molar refractivity (Wildman–Crippen MR) is 65.7 cm³/mol. The number of hydrogen-bond acceptors (Lipinski definition) is 1. The fourth-order valence-electron chi connectivity index (χ4n) is 0.964. The number of halogens is 1. The molecular formula is C11H14IN. The highest BCUT2D eigenvalue weighted by Crippen LogP contribution is 2.06. The van der Waals surface area contributed by atoms with E-state index in [9.17, 15) is 0 Å². The van der Waals surface area contributed by atoms with Crippen LogP contribution in [-0.2, 0) is 6.54 Å². The summed E-state index contributed by atoms with van der Waals surface area (Å²) in [5, 5.41) is 3.35. The van der Waals surface area contributed by atoms with Crippen LogP contribution in [0.25, 0.3) is 0 Å². The predicted octanol–water partition coefficient (Wildman–Crippen LogP) is 2.96. The Bertz CT molecular complexity index is 266. The molecule has 0 fully saturated rings. The summed E-state index contributed by atoms with van der Waals surface area (Å²) in [4.78, 5) is 0. The third kappa shape index (κ3) is 3.91. The van der Waals surface area contributed by atoms with Crippen LogP contribution in [0.3, 0.4) is 0 Å². The van der Waals surface area contributed by atoms with E-state index in [4.69, 9.17) is 0 Å². The number of hydrogen-bond donors (Lipinski definition) is 1. The van der Waals surface area contributed by atoms with Crippen LogP contribution in [0.2, 0.25) is 0 Å². The Morgan fingerprint density at radius 1 is 1.46 bits per heavy atom. The molecule has 1 nitrogen and oxygen atoms in total. The van der Waals surface area contributed by atoms with Gasteiger partial charge in [-0.1, -0.05) is 18.2 Å². The van der Waals surface area contributed by atoms with Crippen molar-refractivity contribution >= 4 is 22.6 Å². The first-order chi connectivity index (χ1) is 6.22. The summed E-state index contributed by atoms with van der Waals surface area (Å²) in [6.45, 7) is 6.73. The molecule has 0 aromatic heterocycles. The molecular weight excluding hydrogens is 273 g/mol. The first-order valence-electron chi connectivity index (χ1n) is 4.33. The Balaban J connectivity index is 2.45. The van der Waals surface area contributed by atoms with Crippen LogP contribution < -0.4 is 5.32 Å². The fraction of sp³-hybridized carbons (Fsp3) is 0.273. The molecule has 0 spiro atoms. The number of nitrogens with one attached hydrogen (secondary N) is 1. The molecule has 0 saturated heterocycles. The van der Waals surface area contributed by atoms with Crippen molar-refractivity contribution in [2.45, 2.75) is 19.5 Å². The van der Waals surface area contributed by atoms with Crippen LogP contribution in [-0.4, -0.2) is 6.04 Å². The molecule has 0 aliphatic rings. The van der Waals surface area contributed by atoms with Gasteiger partial charge in [-0.25, -0.2) is 0 Å². The van der Waals surface area contributed by atoms with E-state index >= 15 is 0 Å². The third-order valence-corrected chi connectivity index (χ3v) is 2.61. The van der Waals surface area contributed by atoms with E-state index in [2.05, 4.69) is 65.7 Å². The van der Waals surface area contributed by atoms with Gasteiger partial charge in [0.25, 0.3) is 0 Å². The quantitative estimate of drug-likeness (QED) is 0.663. The lowest BCUT2D eigenvalue weighted by Gasteiger charge is -2.08. The molecule has 0 amide bonds. The Labute approximate surface area is 93.4 Å². The van der Waals surface area contributed by atoms with Crippen LogP contribution in [0.4, 0.5) is 0 Å². The first-order valence-corrected chi connectivity index (χ1v) is 5.40. The maximum Gasteiger partial charge on any atom is 0.0222 e. The molecule has 0 aliphatic carbocycles. The Kier molecular flexibility index (Phi) is 4.45. The third-order valence-electron chi connectivity index (χ3n) is 1.89. The van der Waals surface area contributed by atoms with Gasteiger partial charge in [-0.05, 0) is 47.2 Å². The van der Waals surface area contributed by atoms with Crippen molar-refractivity contribution in [2.75, 3.05) is 0 Å². The normalized spacial score (nSPS) is 12.5. The number of benzene rings is 1. The fourth-order valence-corrected chi connectivity index (χ4v) is 1.32. The van der Waals surface area contributed by atoms with Crippen molar-refractivity contribution < 1.29 is 0 Å². The first kappa shape index (κ1) is 10.7. The van der Waals surface area contributed by atoms with Crippen LogP contribution in [0.1, 0.15) is 12.5 Å². The molecule has 1 rings (SSSR count). The van der Waals surface area contributed by atoms with Gasteiger partial charge in [-0.15, -0.1) is 6.58 Å². The zero-order valence-electron chi connectivity index (χ0n) is 7.76. The summed E-state index contributed by atoms with van der Waals surface area (Å²) in [6, 6.07) is 8.90. The molecule has 1 aromatic rings. The van der Waals surface area contributed by atoms with Crippen LogP contribution in [0, 0.1) is 3.57 Å². The minimum Gasteiger partial charge on any atom is -0.307 e. The van der Waals surface area contributed by atoms with Gasteiger partial charge < -0.3 is 5.32 Å². The second-order valence-corrected chi connectivity index (χ2v) is 4.28. The second kappa shape index (κ2) is 5.40. The monoisotopic (exact) mass is 287 g/mol. The topological polar surface area (TPSA) is 12.0 Å². The number of rotatable bonds is 4. The zero-order valence-corrected chi connectivity index (χ0v) is 9.91. The van der Waals surface area contributed by atoms with Crippen LogP contribution >= 0.6 is 22.6 Å². The van der Waals surface area contributed by atoms with Gasteiger partial charge in [0.2, 0.25) is 0 Å². The molecule has 1 aromatic carbocycles. The van der Waals surface area contributed by atoms with Gasteiger partial charge in [0.15, 0.2) is 0 Å². The zero-order chi connectivity index (χ0) is 9.68. The average Bonchev–Trinajstić information content (AvgIpc) is 2.16. The van der Waals surface area contributed by atoms with Crippen LogP contribution in [0.15, 0.2) is 36.9 Å². The molecule has 0 saturated carbocycles. The minimum atomic E-state index is 0.374. The summed E-state index contributed by atoms with van der Waals surface area (Å²) in [5.74, 6) is 0. The van der Waals surface area contributed by atoms with Crippen molar-refractivity contribution in [2.24, 2.45) is 0 Å². The van der Waals surface area contributed by atoms with Gasteiger partial charge in [0.1, 0.15) is 0 Å². The molecule has 0 radical (unpaired) electrons. The van der Waals surface area contributed by atoms with E-state index in [-0.39, 0.29) is 0 Å². The molecule has 0 heterocycles. The Morgan fingerprint density at radius 2 is 2.08 bits per heavy atom. The highest BCUT2D eigenvalue weighted by molar-refractivity contribution is 14.1. The van der Waals surface area contributed by atoms with Crippen molar-refractivity contribution in [3.63, 3.8) is 0 Å². The highest BCUT2D eigenvalue weighted by Gasteiger charge is 1.95. The highest BCUT2D eigenvalue weighted by atomic mass is 127. The van der Waals surface area contributed by atoms with E-state index in [1.807, 2.05) is 6.08 Å². The average molecular weight is 287 g/mol. The maximum atomic E-state index is 3.72. The minimum absolute atomic E-state index is 0.374. The summed E-state index contributed by atoms with van der Waals surface area (Å²) in [7, 11) is 0. The molecule has 1 atom stereocenters.